The van der Waals surface area contributed by atoms with Crippen LogP contribution in [0.4, 0.5) is 0 Å². The van der Waals surface area contributed by atoms with Crippen molar-refractivity contribution in [2.75, 3.05) is 26.2 Å². The molecule has 0 aliphatic carbocycles. The lowest BCUT2D eigenvalue weighted by Gasteiger charge is -2.19. The number of nitrogens with one attached hydrogen (secondary N) is 1. The first-order chi connectivity index (χ1) is 9.18. The molecule has 19 heavy (non-hydrogen) atoms. The minimum atomic E-state index is 0.848. The summed E-state index contributed by atoms with van der Waals surface area (Å²) in [6.45, 7) is 11.1. The van der Waals surface area contributed by atoms with Gasteiger partial charge in [0.2, 0.25) is 0 Å². The van der Waals surface area contributed by atoms with Gasteiger partial charge in [-0.05, 0) is 63.1 Å². The van der Waals surface area contributed by atoms with E-state index < -0.39 is 0 Å². The minimum absolute atomic E-state index is 0.848. The van der Waals surface area contributed by atoms with Gasteiger partial charge in [-0.2, -0.15) is 0 Å². The lowest BCUT2D eigenvalue weighted by molar-refractivity contribution is -0.899. The summed E-state index contributed by atoms with van der Waals surface area (Å²) >= 11 is 0. The van der Waals surface area contributed by atoms with Crippen molar-refractivity contribution in [2.45, 2.75) is 46.5 Å². The Kier molecular flexibility index (Phi) is 5.26. The molecule has 0 radical (unpaired) electrons. The molecule has 2 heteroatoms. The van der Waals surface area contributed by atoms with Crippen LogP contribution in [0, 0.1) is 20.8 Å². The Balaban J connectivity index is 1.87. The average molecular weight is 262 g/mol. The van der Waals surface area contributed by atoms with Gasteiger partial charge in [0, 0.05) is 0 Å². The van der Waals surface area contributed by atoms with Crippen molar-refractivity contribution >= 4 is 0 Å². The highest BCUT2D eigenvalue weighted by atomic mass is 16.5. The van der Waals surface area contributed by atoms with Gasteiger partial charge in [-0.1, -0.05) is 12.1 Å². The van der Waals surface area contributed by atoms with Gasteiger partial charge in [0.05, 0.1) is 13.1 Å². The molecule has 1 aliphatic rings. The Morgan fingerprint density at radius 1 is 0.947 bits per heavy atom. The molecule has 2 nitrogen and oxygen atoms in total. The molecular formula is C17H28NO+. The summed E-state index contributed by atoms with van der Waals surface area (Å²) in [6, 6.07) is 4.34. The maximum absolute atomic E-state index is 6.07. The van der Waals surface area contributed by atoms with Crippen LogP contribution in [0.2, 0.25) is 0 Å². The van der Waals surface area contributed by atoms with Crippen molar-refractivity contribution < 1.29 is 9.64 Å². The van der Waals surface area contributed by atoms with E-state index in [0.29, 0.717) is 0 Å². The molecule has 0 spiro atoms. The minimum Gasteiger partial charge on any atom is -0.487 e. The summed E-state index contributed by atoms with van der Waals surface area (Å²) in [5.74, 6) is 1.11. The van der Waals surface area contributed by atoms with Gasteiger partial charge in [0.15, 0.2) is 0 Å². The number of hydrogen-bond donors (Lipinski definition) is 1. The Morgan fingerprint density at radius 3 is 2.26 bits per heavy atom. The number of quaternary nitrogens is 1. The molecular weight excluding hydrogens is 234 g/mol. The van der Waals surface area contributed by atoms with E-state index in [1.807, 2.05) is 0 Å². The van der Waals surface area contributed by atoms with Crippen LogP contribution < -0.4 is 9.64 Å². The van der Waals surface area contributed by atoms with Crippen molar-refractivity contribution in [3.05, 3.63) is 28.8 Å². The molecule has 0 amide bonds. The Morgan fingerprint density at radius 2 is 1.58 bits per heavy atom. The second-order valence-electron chi connectivity index (χ2n) is 5.92. The molecule has 1 aromatic rings. The second kappa shape index (κ2) is 6.95. The zero-order chi connectivity index (χ0) is 13.7. The smallest absolute Gasteiger partial charge is 0.137 e. The Bertz CT molecular complexity index is 406. The molecule has 1 heterocycles. The van der Waals surface area contributed by atoms with E-state index >= 15 is 0 Å². The fourth-order valence-corrected chi connectivity index (χ4v) is 2.92. The molecule has 1 aliphatic heterocycles. The number of hydrogen-bond acceptors (Lipinski definition) is 1. The van der Waals surface area contributed by atoms with Crippen LogP contribution in [0.1, 0.15) is 42.4 Å². The van der Waals surface area contributed by atoms with Gasteiger partial charge in [-0.15, -0.1) is 0 Å². The molecule has 0 unspecified atom stereocenters. The van der Waals surface area contributed by atoms with E-state index in [2.05, 4.69) is 32.9 Å². The summed E-state index contributed by atoms with van der Waals surface area (Å²) < 4.78 is 6.07. The highest BCUT2D eigenvalue weighted by molar-refractivity contribution is 5.44. The fourth-order valence-electron chi connectivity index (χ4n) is 2.92. The highest BCUT2D eigenvalue weighted by Gasteiger charge is 2.13. The number of rotatable bonds is 4. The summed E-state index contributed by atoms with van der Waals surface area (Å²) in [6.07, 6.45) is 5.61. The van der Waals surface area contributed by atoms with Crippen molar-refractivity contribution in [3.8, 4) is 5.75 Å². The van der Waals surface area contributed by atoms with Crippen LogP contribution in [0.3, 0.4) is 0 Å². The molecule has 0 saturated carbocycles. The van der Waals surface area contributed by atoms with Crippen molar-refractivity contribution in [2.24, 2.45) is 0 Å². The first kappa shape index (κ1) is 14.4. The van der Waals surface area contributed by atoms with Crippen molar-refractivity contribution in [1.29, 1.82) is 0 Å². The molecule has 0 bridgehead atoms. The summed E-state index contributed by atoms with van der Waals surface area (Å²) in [5, 5.41) is 0. The molecule has 1 N–H and O–H groups in total. The van der Waals surface area contributed by atoms with Crippen molar-refractivity contribution in [1.82, 2.24) is 0 Å². The average Bonchev–Trinajstić information content (AvgIpc) is 2.67. The monoisotopic (exact) mass is 262 g/mol. The van der Waals surface area contributed by atoms with Gasteiger partial charge in [0.1, 0.15) is 18.9 Å². The van der Waals surface area contributed by atoms with Crippen molar-refractivity contribution in [3.63, 3.8) is 0 Å². The fraction of sp³-hybridized carbons (Fsp3) is 0.647. The Hall–Kier alpha value is -1.02. The molecule has 106 valence electrons. The largest absolute Gasteiger partial charge is 0.487 e. The third kappa shape index (κ3) is 3.97. The van der Waals surface area contributed by atoms with Crippen LogP contribution >= 0.6 is 0 Å². The lowest BCUT2D eigenvalue weighted by atomic mass is 10.1. The first-order valence-electron chi connectivity index (χ1n) is 7.71. The molecule has 1 aromatic carbocycles. The third-order valence-electron chi connectivity index (χ3n) is 4.39. The van der Waals surface area contributed by atoms with Crippen LogP contribution in [0.15, 0.2) is 12.1 Å². The summed E-state index contributed by atoms with van der Waals surface area (Å²) in [7, 11) is 0. The van der Waals surface area contributed by atoms with Crippen LogP contribution in [0.5, 0.6) is 5.75 Å². The van der Waals surface area contributed by atoms with E-state index in [1.54, 1.807) is 4.90 Å². The predicted molar refractivity (Wildman–Crippen MR) is 80.2 cm³/mol. The maximum atomic E-state index is 6.07. The maximum Gasteiger partial charge on any atom is 0.137 e. The molecule has 0 aromatic heterocycles. The van der Waals surface area contributed by atoms with Gasteiger partial charge >= 0.3 is 0 Å². The topological polar surface area (TPSA) is 13.7 Å². The van der Waals surface area contributed by atoms with E-state index in [0.717, 1.165) is 18.9 Å². The quantitative estimate of drug-likeness (QED) is 0.880. The standard InChI is InChI=1S/C17H27NO/c1-14-8-9-15(2)17(16(14)3)19-13-12-18-10-6-4-5-7-11-18/h8-9H,4-7,10-13H2,1-3H3/p+1. The number of benzene rings is 1. The SMILES string of the molecule is Cc1ccc(C)c(OCC[NH+]2CCCCCC2)c1C. The molecule has 1 fully saturated rings. The number of likely N-dealkylation sites (tertiary alicyclic amines) is 1. The van der Waals surface area contributed by atoms with Crippen LogP contribution in [-0.4, -0.2) is 26.2 Å². The zero-order valence-corrected chi connectivity index (χ0v) is 12.7. The van der Waals surface area contributed by atoms with E-state index in [9.17, 15) is 0 Å². The molecule has 2 rings (SSSR count). The van der Waals surface area contributed by atoms with Gasteiger partial charge < -0.3 is 9.64 Å². The predicted octanol–water partition coefficient (Wildman–Crippen LogP) is 2.45. The van der Waals surface area contributed by atoms with Crippen LogP contribution in [-0.2, 0) is 0 Å². The normalized spacial score (nSPS) is 17.2. The van der Waals surface area contributed by atoms with Crippen LogP contribution in [0.25, 0.3) is 0 Å². The highest BCUT2D eigenvalue weighted by Crippen LogP contribution is 2.25. The van der Waals surface area contributed by atoms with E-state index in [-0.39, 0.29) is 0 Å². The number of aryl methyl sites for hydroxylation is 2. The number of ether oxygens (including phenoxy) is 1. The van der Waals surface area contributed by atoms with E-state index in [4.69, 9.17) is 4.74 Å². The zero-order valence-electron chi connectivity index (χ0n) is 12.7. The van der Waals surface area contributed by atoms with Gasteiger partial charge in [0.25, 0.3) is 0 Å². The van der Waals surface area contributed by atoms with Gasteiger partial charge in [-0.25, -0.2) is 0 Å². The van der Waals surface area contributed by atoms with E-state index in [1.165, 1.54) is 55.5 Å². The summed E-state index contributed by atoms with van der Waals surface area (Å²) in [5.41, 5.74) is 3.88. The molecule has 0 atom stereocenters. The Labute approximate surface area is 117 Å². The lowest BCUT2D eigenvalue weighted by Crippen LogP contribution is -3.12. The first-order valence-corrected chi connectivity index (χ1v) is 7.71. The second-order valence-corrected chi connectivity index (χ2v) is 5.92. The van der Waals surface area contributed by atoms with Gasteiger partial charge in [-0.3, -0.25) is 0 Å². The third-order valence-corrected chi connectivity index (χ3v) is 4.39. The molecule has 1 saturated heterocycles. The summed E-state index contributed by atoms with van der Waals surface area (Å²) in [4.78, 5) is 1.72.